The van der Waals surface area contributed by atoms with E-state index in [4.69, 9.17) is 0 Å². The molecular weight excluding hydrogens is 280 g/mol. The Balaban J connectivity index is 2.22. The number of aromatic nitrogens is 2. The summed E-state index contributed by atoms with van der Waals surface area (Å²) in [5, 5.41) is 9.27. The maximum Gasteiger partial charge on any atom is 0.356 e. The predicted molar refractivity (Wildman–Crippen MR) is 72.9 cm³/mol. The maximum absolute atomic E-state index is 11.6. The van der Waals surface area contributed by atoms with Gasteiger partial charge >= 0.3 is 5.97 Å². The lowest BCUT2D eigenvalue weighted by atomic mass is 10.1. The van der Waals surface area contributed by atoms with Gasteiger partial charge in [0.05, 0.1) is 17.0 Å². The average Bonchev–Trinajstić information content (AvgIpc) is 2.90. The highest BCUT2D eigenvalue weighted by molar-refractivity contribution is 7.91. The van der Waals surface area contributed by atoms with Crippen molar-refractivity contribution >= 4 is 21.3 Å². The molecule has 3 heterocycles. The fraction of sp³-hybridized carbons (Fsp3) is 0.385. The van der Waals surface area contributed by atoms with E-state index in [1.165, 1.54) is 0 Å². The van der Waals surface area contributed by atoms with Crippen LogP contribution >= 0.6 is 0 Å². The van der Waals surface area contributed by atoms with Gasteiger partial charge in [-0.1, -0.05) is 6.07 Å². The van der Waals surface area contributed by atoms with Gasteiger partial charge in [0.25, 0.3) is 0 Å². The standard InChI is InChI=1S/C13H14N2O4S/c1-8-3-2-5-15-11(8)10(13(16)17)14-12(15)9-4-6-20(18,19)7-9/h2-3,5,9H,4,6-7H2,1H3,(H,16,17). The number of sulfone groups is 1. The number of carboxylic acid groups (broad SMARTS) is 1. The van der Waals surface area contributed by atoms with Crippen LogP contribution in [0.5, 0.6) is 0 Å². The topological polar surface area (TPSA) is 88.7 Å². The molecule has 20 heavy (non-hydrogen) atoms. The van der Waals surface area contributed by atoms with Gasteiger partial charge in [0.2, 0.25) is 0 Å². The Morgan fingerprint density at radius 1 is 1.50 bits per heavy atom. The molecule has 106 valence electrons. The van der Waals surface area contributed by atoms with Crippen LogP contribution in [0.1, 0.15) is 34.2 Å². The van der Waals surface area contributed by atoms with E-state index in [0.717, 1.165) is 5.56 Å². The van der Waals surface area contributed by atoms with Gasteiger partial charge in [-0.25, -0.2) is 18.2 Å². The number of hydrogen-bond acceptors (Lipinski definition) is 4. The molecule has 2 aromatic heterocycles. The minimum absolute atomic E-state index is 0.0117. The molecule has 1 aliphatic rings. The molecule has 0 radical (unpaired) electrons. The molecular formula is C13H14N2O4S. The number of imidazole rings is 1. The monoisotopic (exact) mass is 294 g/mol. The van der Waals surface area contributed by atoms with Gasteiger partial charge < -0.3 is 9.51 Å². The Hall–Kier alpha value is -1.89. The van der Waals surface area contributed by atoms with E-state index in [1.807, 2.05) is 19.1 Å². The predicted octanol–water partition coefficient (Wildman–Crippen LogP) is 1.24. The van der Waals surface area contributed by atoms with Crippen molar-refractivity contribution < 1.29 is 18.3 Å². The smallest absolute Gasteiger partial charge is 0.356 e. The molecule has 0 aromatic carbocycles. The number of fused-ring (bicyclic) bond motifs is 1. The molecule has 1 unspecified atom stereocenters. The van der Waals surface area contributed by atoms with E-state index in [-0.39, 0.29) is 23.1 Å². The second-order valence-corrected chi connectivity index (χ2v) is 7.36. The Labute approximate surface area is 116 Å². The number of hydrogen-bond donors (Lipinski definition) is 1. The van der Waals surface area contributed by atoms with E-state index < -0.39 is 15.8 Å². The van der Waals surface area contributed by atoms with Gasteiger partial charge in [-0.05, 0) is 25.0 Å². The second kappa shape index (κ2) is 4.31. The highest BCUT2D eigenvalue weighted by Gasteiger charge is 2.33. The number of aromatic carboxylic acids is 1. The Bertz CT molecular complexity index is 807. The molecule has 1 fully saturated rings. The van der Waals surface area contributed by atoms with Crippen molar-refractivity contribution in [2.45, 2.75) is 19.3 Å². The molecule has 0 amide bonds. The maximum atomic E-state index is 11.6. The van der Waals surface area contributed by atoms with E-state index in [0.29, 0.717) is 17.8 Å². The Morgan fingerprint density at radius 3 is 2.85 bits per heavy atom. The molecule has 2 aromatic rings. The van der Waals surface area contributed by atoms with Crippen molar-refractivity contribution in [2.24, 2.45) is 0 Å². The summed E-state index contributed by atoms with van der Waals surface area (Å²) in [6, 6.07) is 3.63. The van der Waals surface area contributed by atoms with Gasteiger partial charge in [-0.2, -0.15) is 0 Å². The van der Waals surface area contributed by atoms with E-state index >= 15 is 0 Å². The average molecular weight is 294 g/mol. The number of nitrogens with zero attached hydrogens (tertiary/aromatic N) is 2. The van der Waals surface area contributed by atoms with Crippen molar-refractivity contribution in [3.8, 4) is 0 Å². The van der Waals surface area contributed by atoms with Crippen molar-refractivity contribution in [3.63, 3.8) is 0 Å². The molecule has 1 atom stereocenters. The molecule has 1 N–H and O–H groups in total. The molecule has 6 nitrogen and oxygen atoms in total. The summed E-state index contributed by atoms with van der Waals surface area (Å²) in [5.74, 6) is -0.617. The minimum atomic E-state index is -3.03. The molecule has 0 spiro atoms. The number of carboxylic acids is 1. The highest BCUT2D eigenvalue weighted by atomic mass is 32.2. The third-order valence-corrected chi connectivity index (χ3v) is 5.46. The van der Waals surface area contributed by atoms with Crippen LogP contribution in [0.4, 0.5) is 0 Å². The summed E-state index contributed by atoms with van der Waals surface area (Å²) in [6.07, 6.45) is 2.23. The zero-order chi connectivity index (χ0) is 14.5. The van der Waals surface area contributed by atoms with Crippen LogP contribution in [-0.4, -0.2) is 40.4 Å². The molecule has 1 saturated heterocycles. The fourth-order valence-electron chi connectivity index (χ4n) is 2.77. The normalized spacial score (nSPS) is 21.4. The van der Waals surface area contributed by atoms with E-state index in [1.54, 1.807) is 10.6 Å². The molecule has 0 bridgehead atoms. The van der Waals surface area contributed by atoms with Gasteiger partial charge in [-0.3, -0.25) is 0 Å². The largest absolute Gasteiger partial charge is 0.476 e. The first-order chi connectivity index (χ1) is 9.39. The number of rotatable bonds is 2. The van der Waals surface area contributed by atoms with Crippen LogP contribution in [0.2, 0.25) is 0 Å². The van der Waals surface area contributed by atoms with E-state index in [2.05, 4.69) is 4.98 Å². The second-order valence-electron chi connectivity index (χ2n) is 5.13. The summed E-state index contributed by atoms with van der Waals surface area (Å²) in [5.41, 5.74) is 1.34. The Morgan fingerprint density at radius 2 is 2.25 bits per heavy atom. The van der Waals surface area contributed by atoms with Gasteiger partial charge in [-0.15, -0.1) is 0 Å². The minimum Gasteiger partial charge on any atom is -0.476 e. The van der Waals surface area contributed by atoms with Crippen molar-refractivity contribution in [1.82, 2.24) is 9.38 Å². The summed E-state index contributed by atoms with van der Waals surface area (Å²) >= 11 is 0. The van der Waals surface area contributed by atoms with Crippen molar-refractivity contribution in [1.29, 1.82) is 0 Å². The van der Waals surface area contributed by atoms with Crippen LogP contribution in [-0.2, 0) is 9.84 Å². The zero-order valence-corrected chi connectivity index (χ0v) is 11.7. The first-order valence-electron chi connectivity index (χ1n) is 6.30. The molecule has 3 rings (SSSR count). The summed E-state index contributed by atoms with van der Waals surface area (Å²) in [4.78, 5) is 15.5. The zero-order valence-electron chi connectivity index (χ0n) is 10.9. The Kier molecular flexibility index (Phi) is 2.82. The molecule has 0 saturated carbocycles. The number of carbonyl (C=O) groups is 1. The quantitative estimate of drug-likeness (QED) is 0.900. The van der Waals surface area contributed by atoms with Crippen molar-refractivity contribution in [2.75, 3.05) is 11.5 Å². The fourth-order valence-corrected chi connectivity index (χ4v) is 4.50. The van der Waals surface area contributed by atoms with Gasteiger partial charge in [0.1, 0.15) is 5.82 Å². The number of pyridine rings is 1. The lowest BCUT2D eigenvalue weighted by Crippen LogP contribution is -2.07. The first-order valence-corrected chi connectivity index (χ1v) is 8.12. The van der Waals surface area contributed by atoms with Crippen LogP contribution in [0.25, 0.3) is 5.52 Å². The molecule has 0 aliphatic carbocycles. The van der Waals surface area contributed by atoms with Crippen LogP contribution < -0.4 is 0 Å². The van der Waals surface area contributed by atoms with Crippen LogP contribution in [0.3, 0.4) is 0 Å². The van der Waals surface area contributed by atoms with E-state index in [9.17, 15) is 18.3 Å². The SMILES string of the molecule is Cc1cccn2c(C3CCS(=O)(=O)C3)nc(C(=O)O)c12. The third-order valence-electron chi connectivity index (χ3n) is 3.69. The van der Waals surface area contributed by atoms with Crippen LogP contribution in [0, 0.1) is 6.92 Å². The summed E-state index contributed by atoms with van der Waals surface area (Å²) in [7, 11) is -3.03. The first kappa shape index (κ1) is 13.1. The molecule has 7 heteroatoms. The summed E-state index contributed by atoms with van der Waals surface area (Å²) in [6.45, 7) is 1.82. The van der Waals surface area contributed by atoms with Crippen molar-refractivity contribution in [3.05, 3.63) is 35.4 Å². The highest BCUT2D eigenvalue weighted by Crippen LogP contribution is 2.30. The lowest BCUT2D eigenvalue weighted by Gasteiger charge is -2.07. The van der Waals surface area contributed by atoms with Crippen LogP contribution in [0.15, 0.2) is 18.3 Å². The van der Waals surface area contributed by atoms with Gasteiger partial charge in [0, 0.05) is 12.1 Å². The third kappa shape index (κ3) is 1.98. The summed E-state index contributed by atoms with van der Waals surface area (Å²) < 4.78 is 24.9. The number of aryl methyl sites for hydroxylation is 1. The van der Waals surface area contributed by atoms with Gasteiger partial charge in [0.15, 0.2) is 15.5 Å². The lowest BCUT2D eigenvalue weighted by molar-refractivity contribution is 0.0693. The molecule has 1 aliphatic heterocycles.